The third-order valence-electron chi connectivity index (χ3n) is 3.05. The van der Waals surface area contributed by atoms with Gasteiger partial charge in [-0.15, -0.1) is 0 Å². The number of rotatable bonds is 4. The van der Waals surface area contributed by atoms with Gasteiger partial charge in [-0.2, -0.15) is 0 Å². The van der Waals surface area contributed by atoms with Gasteiger partial charge in [0.05, 0.1) is 11.4 Å². The van der Waals surface area contributed by atoms with Crippen LogP contribution in [0.15, 0.2) is 42.5 Å². The van der Waals surface area contributed by atoms with Crippen LogP contribution >= 0.6 is 0 Å². The molecular formula is C16H17FN2O2. The minimum Gasteiger partial charge on any atom is -0.478 e. The second kappa shape index (κ2) is 6.26. The summed E-state index contributed by atoms with van der Waals surface area (Å²) < 4.78 is 19.2. The van der Waals surface area contributed by atoms with Crippen LogP contribution in [0.3, 0.4) is 0 Å². The number of anilines is 2. The number of carbonyl (C=O) groups excluding carboxylic acids is 1. The number of nitrogens with one attached hydrogen (secondary N) is 1. The van der Waals surface area contributed by atoms with Gasteiger partial charge in [0.15, 0.2) is 17.7 Å². The number of hydrogen-bond donors (Lipinski definition) is 2. The molecule has 110 valence electrons. The molecule has 0 aromatic heterocycles. The molecule has 2 aromatic carbocycles. The fourth-order valence-electron chi connectivity index (χ4n) is 1.80. The fraction of sp³-hybridized carbons (Fsp3) is 0.188. The van der Waals surface area contributed by atoms with Crippen molar-refractivity contribution in [1.82, 2.24) is 0 Å². The zero-order valence-corrected chi connectivity index (χ0v) is 11.9. The highest BCUT2D eigenvalue weighted by Crippen LogP contribution is 2.22. The highest BCUT2D eigenvalue weighted by Gasteiger charge is 2.18. The normalized spacial score (nSPS) is 11.8. The van der Waals surface area contributed by atoms with Gasteiger partial charge in [0.2, 0.25) is 0 Å². The Hall–Kier alpha value is -2.56. The molecule has 5 heteroatoms. The highest BCUT2D eigenvalue weighted by atomic mass is 19.1. The van der Waals surface area contributed by atoms with Crippen molar-refractivity contribution in [2.75, 3.05) is 11.1 Å². The molecule has 0 fully saturated rings. The maximum absolute atomic E-state index is 13.8. The van der Waals surface area contributed by atoms with E-state index in [9.17, 15) is 9.18 Å². The maximum Gasteiger partial charge on any atom is 0.265 e. The molecule has 0 heterocycles. The van der Waals surface area contributed by atoms with Gasteiger partial charge in [-0.25, -0.2) is 4.39 Å². The first-order valence-corrected chi connectivity index (χ1v) is 6.56. The molecular weight excluding hydrogens is 271 g/mol. The summed E-state index contributed by atoms with van der Waals surface area (Å²) in [6, 6.07) is 11.7. The van der Waals surface area contributed by atoms with Crippen LogP contribution in [-0.4, -0.2) is 12.0 Å². The molecule has 0 spiro atoms. The van der Waals surface area contributed by atoms with Crippen molar-refractivity contribution >= 4 is 17.3 Å². The lowest BCUT2D eigenvalue weighted by molar-refractivity contribution is -0.122. The molecule has 0 aliphatic heterocycles. The Labute approximate surface area is 122 Å². The van der Waals surface area contributed by atoms with Gasteiger partial charge in [-0.3, -0.25) is 4.79 Å². The summed E-state index contributed by atoms with van der Waals surface area (Å²) >= 11 is 0. The quantitative estimate of drug-likeness (QED) is 0.850. The van der Waals surface area contributed by atoms with E-state index in [1.165, 1.54) is 6.07 Å². The molecule has 1 unspecified atom stereocenters. The van der Waals surface area contributed by atoms with E-state index >= 15 is 0 Å². The molecule has 1 atom stereocenters. The molecule has 0 aliphatic carbocycles. The van der Waals surface area contributed by atoms with Crippen LogP contribution in [0.5, 0.6) is 5.75 Å². The molecule has 0 saturated carbocycles. The highest BCUT2D eigenvalue weighted by molar-refractivity contribution is 5.96. The van der Waals surface area contributed by atoms with Crippen LogP contribution in [-0.2, 0) is 4.79 Å². The van der Waals surface area contributed by atoms with E-state index in [-0.39, 0.29) is 5.75 Å². The summed E-state index contributed by atoms with van der Waals surface area (Å²) in [5.41, 5.74) is 7.18. The molecule has 4 nitrogen and oxygen atoms in total. The summed E-state index contributed by atoms with van der Waals surface area (Å²) in [5, 5.41) is 2.65. The van der Waals surface area contributed by atoms with Gasteiger partial charge in [-0.05, 0) is 37.6 Å². The van der Waals surface area contributed by atoms with E-state index in [2.05, 4.69) is 5.32 Å². The molecule has 0 radical (unpaired) electrons. The Kier molecular flexibility index (Phi) is 4.42. The Morgan fingerprint density at radius 1 is 1.24 bits per heavy atom. The van der Waals surface area contributed by atoms with Crippen molar-refractivity contribution in [2.45, 2.75) is 20.0 Å². The molecule has 0 aliphatic rings. The van der Waals surface area contributed by atoms with Crippen molar-refractivity contribution in [2.24, 2.45) is 0 Å². The molecule has 2 aromatic rings. The Morgan fingerprint density at radius 2 is 1.95 bits per heavy atom. The first kappa shape index (κ1) is 14.8. The van der Waals surface area contributed by atoms with E-state index in [1.807, 2.05) is 0 Å². The fourth-order valence-corrected chi connectivity index (χ4v) is 1.80. The van der Waals surface area contributed by atoms with Gasteiger partial charge >= 0.3 is 0 Å². The van der Waals surface area contributed by atoms with Gasteiger partial charge in [0.25, 0.3) is 5.91 Å². The van der Waals surface area contributed by atoms with Crippen LogP contribution in [0.4, 0.5) is 15.8 Å². The SMILES string of the molecule is Cc1cccc(OC(C)C(=O)Nc2ccccc2N)c1F. The number of amides is 1. The van der Waals surface area contributed by atoms with Crippen LogP contribution in [0.1, 0.15) is 12.5 Å². The zero-order valence-electron chi connectivity index (χ0n) is 11.9. The maximum atomic E-state index is 13.8. The lowest BCUT2D eigenvalue weighted by Gasteiger charge is -2.16. The Balaban J connectivity index is 2.06. The number of ether oxygens (including phenoxy) is 1. The Bertz CT molecular complexity index is 658. The van der Waals surface area contributed by atoms with Crippen molar-refractivity contribution < 1.29 is 13.9 Å². The second-order valence-electron chi connectivity index (χ2n) is 4.72. The summed E-state index contributed by atoms with van der Waals surface area (Å²) in [4.78, 5) is 12.1. The zero-order chi connectivity index (χ0) is 15.4. The predicted octanol–water partition coefficient (Wildman–Crippen LogP) is 3.12. The molecule has 3 N–H and O–H groups in total. The average Bonchev–Trinajstić information content (AvgIpc) is 2.46. The van der Waals surface area contributed by atoms with Gasteiger partial charge in [0, 0.05) is 0 Å². The third kappa shape index (κ3) is 3.51. The Morgan fingerprint density at radius 3 is 2.67 bits per heavy atom. The number of carbonyl (C=O) groups is 1. The molecule has 21 heavy (non-hydrogen) atoms. The van der Waals surface area contributed by atoms with Crippen molar-refractivity contribution in [1.29, 1.82) is 0 Å². The number of aryl methyl sites for hydroxylation is 1. The van der Waals surface area contributed by atoms with E-state index in [0.29, 0.717) is 16.9 Å². The number of halogens is 1. The van der Waals surface area contributed by atoms with E-state index < -0.39 is 17.8 Å². The van der Waals surface area contributed by atoms with E-state index in [1.54, 1.807) is 50.2 Å². The lowest BCUT2D eigenvalue weighted by Crippen LogP contribution is -2.30. The average molecular weight is 288 g/mol. The number of nitrogen functional groups attached to an aromatic ring is 1. The molecule has 0 bridgehead atoms. The monoisotopic (exact) mass is 288 g/mol. The number of para-hydroxylation sites is 2. The summed E-state index contributed by atoms with van der Waals surface area (Å²) in [5.74, 6) is -0.802. The van der Waals surface area contributed by atoms with Crippen LogP contribution in [0.25, 0.3) is 0 Å². The van der Waals surface area contributed by atoms with Crippen LogP contribution in [0.2, 0.25) is 0 Å². The topological polar surface area (TPSA) is 64.3 Å². The van der Waals surface area contributed by atoms with Crippen molar-refractivity contribution in [3.05, 3.63) is 53.8 Å². The van der Waals surface area contributed by atoms with E-state index in [4.69, 9.17) is 10.5 Å². The predicted molar refractivity (Wildman–Crippen MR) is 80.7 cm³/mol. The standard InChI is InChI=1S/C16H17FN2O2/c1-10-6-5-9-14(15(10)17)21-11(2)16(20)19-13-8-4-3-7-12(13)18/h3-9,11H,18H2,1-2H3,(H,19,20). The first-order chi connectivity index (χ1) is 9.99. The largest absolute Gasteiger partial charge is 0.478 e. The summed E-state index contributed by atoms with van der Waals surface area (Å²) in [7, 11) is 0. The number of benzene rings is 2. The lowest BCUT2D eigenvalue weighted by atomic mass is 10.2. The molecule has 2 rings (SSSR count). The summed E-state index contributed by atoms with van der Waals surface area (Å²) in [6.45, 7) is 3.19. The molecule has 1 amide bonds. The van der Waals surface area contributed by atoms with Crippen LogP contribution < -0.4 is 15.8 Å². The van der Waals surface area contributed by atoms with Crippen molar-refractivity contribution in [3.8, 4) is 5.75 Å². The number of hydrogen-bond acceptors (Lipinski definition) is 3. The minimum atomic E-state index is -0.846. The summed E-state index contributed by atoms with van der Waals surface area (Å²) in [6.07, 6.45) is -0.846. The minimum absolute atomic E-state index is 0.0543. The number of nitrogens with two attached hydrogens (primary N) is 1. The van der Waals surface area contributed by atoms with Crippen LogP contribution in [0, 0.1) is 12.7 Å². The third-order valence-corrected chi connectivity index (χ3v) is 3.05. The van der Waals surface area contributed by atoms with E-state index in [0.717, 1.165) is 0 Å². The van der Waals surface area contributed by atoms with Crippen molar-refractivity contribution in [3.63, 3.8) is 0 Å². The smallest absolute Gasteiger partial charge is 0.265 e. The molecule has 0 saturated heterocycles. The first-order valence-electron chi connectivity index (χ1n) is 6.56. The van der Waals surface area contributed by atoms with Gasteiger partial charge < -0.3 is 15.8 Å². The van der Waals surface area contributed by atoms with Gasteiger partial charge in [-0.1, -0.05) is 24.3 Å². The second-order valence-corrected chi connectivity index (χ2v) is 4.72. The van der Waals surface area contributed by atoms with Gasteiger partial charge in [0.1, 0.15) is 0 Å².